The van der Waals surface area contributed by atoms with Crippen LogP contribution in [0.15, 0.2) is 17.2 Å². The van der Waals surface area contributed by atoms with Crippen LogP contribution in [0, 0.1) is 6.92 Å². The second-order valence-corrected chi connectivity index (χ2v) is 9.35. The van der Waals surface area contributed by atoms with Gasteiger partial charge >= 0.3 is 0 Å². The Bertz CT molecular complexity index is 1150. The topological polar surface area (TPSA) is 81.0 Å². The Morgan fingerprint density at radius 2 is 1.64 bits per heavy atom. The lowest BCUT2D eigenvalue weighted by Gasteiger charge is -2.21. The molecule has 0 aliphatic rings. The van der Waals surface area contributed by atoms with Crippen molar-refractivity contribution >= 4 is 61.5 Å². The summed E-state index contributed by atoms with van der Waals surface area (Å²) in [4.78, 5) is 10.9. The summed E-state index contributed by atoms with van der Waals surface area (Å²) in [5.74, 6) is 0.970. The quantitative estimate of drug-likeness (QED) is 0.561. The number of fused-ring (bicyclic) bond motifs is 1. The Morgan fingerprint density at radius 3 is 2.14 bits per heavy atom. The molecule has 0 aliphatic heterocycles. The highest BCUT2D eigenvalue weighted by atomic mass is 35.5. The fourth-order valence-electron chi connectivity index (χ4n) is 2.98. The van der Waals surface area contributed by atoms with Crippen molar-refractivity contribution in [3.05, 3.63) is 33.0 Å². The molecule has 0 saturated carbocycles. The number of nitrogens with zero attached hydrogens (tertiary/aromatic N) is 5. The molecule has 2 heterocycles. The van der Waals surface area contributed by atoms with Crippen LogP contribution in [-0.4, -0.2) is 47.5 Å². The molecule has 0 unspecified atom stereocenters. The summed E-state index contributed by atoms with van der Waals surface area (Å²) in [5, 5.41) is 5.33. The molecule has 0 radical (unpaired) electrons. The van der Waals surface area contributed by atoms with Gasteiger partial charge in [-0.15, -0.1) is 0 Å². The summed E-state index contributed by atoms with van der Waals surface area (Å²) in [6.07, 6.45) is 1.09. The van der Waals surface area contributed by atoms with E-state index in [2.05, 4.69) is 15.1 Å². The van der Waals surface area contributed by atoms with Crippen molar-refractivity contribution in [3.63, 3.8) is 0 Å². The maximum atomic E-state index is 12.5. The van der Waals surface area contributed by atoms with E-state index in [4.69, 9.17) is 34.8 Å². The SMILES string of the molecule is CCN(CC)c1nc(C)nc2c1c(S(C)(=O)=O)nn2-c1c(Cl)cc(Cl)cc1Cl. The smallest absolute Gasteiger partial charge is 0.195 e. The van der Waals surface area contributed by atoms with Crippen molar-refractivity contribution in [3.8, 4) is 5.69 Å². The third-order valence-corrected chi connectivity index (χ3v) is 5.98. The first-order chi connectivity index (χ1) is 13.1. The highest BCUT2D eigenvalue weighted by Crippen LogP contribution is 2.37. The monoisotopic (exact) mass is 461 g/mol. The predicted molar refractivity (Wildman–Crippen MR) is 113 cm³/mol. The third kappa shape index (κ3) is 3.66. The average Bonchev–Trinajstić information content (AvgIpc) is 2.94. The van der Waals surface area contributed by atoms with Gasteiger partial charge in [0.25, 0.3) is 0 Å². The van der Waals surface area contributed by atoms with E-state index in [1.54, 1.807) is 6.92 Å². The Morgan fingerprint density at radius 1 is 1.07 bits per heavy atom. The van der Waals surface area contributed by atoms with Crippen LogP contribution in [0.25, 0.3) is 16.7 Å². The van der Waals surface area contributed by atoms with Crippen LogP contribution in [0.5, 0.6) is 0 Å². The van der Waals surface area contributed by atoms with E-state index in [0.29, 0.717) is 46.5 Å². The van der Waals surface area contributed by atoms with Gasteiger partial charge in [-0.05, 0) is 32.9 Å². The van der Waals surface area contributed by atoms with E-state index >= 15 is 0 Å². The highest BCUT2D eigenvalue weighted by Gasteiger charge is 2.28. The first-order valence-electron chi connectivity index (χ1n) is 8.45. The van der Waals surface area contributed by atoms with Crippen molar-refractivity contribution in [2.45, 2.75) is 25.8 Å². The third-order valence-electron chi connectivity index (χ3n) is 4.20. The van der Waals surface area contributed by atoms with E-state index in [0.717, 1.165) is 6.26 Å². The van der Waals surface area contributed by atoms with E-state index in [9.17, 15) is 8.42 Å². The van der Waals surface area contributed by atoms with Gasteiger partial charge in [-0.25, -0.2) is 23.1 Å². The molecule has 0 amide bonds. The number of anilines is 1. The summed E-state index contributed by atoms with van der Waals surface area (Å²) in [6.45, 7) is 6.93. The molecule has 0 spiro atoms. The lowest BCUT2D eigenvalue weighted by atomic mass is 10.3. The van der Waals surface area contributed by atoms with Crippen molar-refractivity contribution in [1.29, 1.82) is 0 Å². The summed E-state index contributed by atoms with van der Waals surface area (Å²) in [5.41, 5.74) is 0.608. The van der Waals surface area contributed by atoms with Gasteiger partial charge in [0.15, 0.2) is 20.5 Å². The molecule has 3 rings (SSSR count). The Hall–Kier alpha value is -1.61. The number of aryl methyl sites for hydroxylation is 1. The minimum absolute atomic E-state index is 0.133. The van der Waals surface area contributed by atoms with Gasteiger partial charge in [0, 0.05) is 24.4 Å². The number of sulfone groups is 1. The average molecular weight is 463 g/mol. The van der Waals surface area contributed by atoms with Crippen LogP contribution in [0.1, 0.15) is 19.7 Å². The maximum Gasteiger partial charge on any atom is 0.195 e. The van der Waals surface area contributed by atoms with Gasteiger partial charge in [-0.3, -0.25) is 0 Å². The molecule has 0 saturated heterocycles. The molecule has 0 N–H and O–H groups in total. The van der Waals surface area contributed by atoms with Crippen LogP contribution in [0.3, 0.4) is 0 Å². The van der Waals surface area contributed by atoms with E-state index in [1.807, 2.05) is 18.7 Å². The molecular weight excluding hydrogens is 445 g/mol. The van der Waals surface area contributed by atoms with Gasteiger partial charge < -0.3 is 4.90 Å². The van der Waals surface area contributed by atoms with Gasteiger partial charge in [0.2, 0.25) is 0 Å². The molecule has 0 bridgehead atoms. The van der Waals surface area contributed by atoms with E-state index < -0.39 is 9.84 Å². The molecule has 0 atom stereocenters. The largest absolute Gasteiger partial charge is 0.356 e. The standard InChI is InChI=1S/C17H18Cl3N5O2S/c1-5-24(6-2)15-13-16(22-9(3)21-15)25(23-17(13)28(4,26)27)14-11(19)7-10(18)8-12(14)20/h7-8H,5-6H2,1-4H3. The Balaban J connectivity index is 2.52. The fraction of sp³-hybridized carbons (Fsp3) is 0.353. The van der Waals surface area contributed by atoms with Crippen LogP contribution < -0.4 is 4.90 Å². The van der Waals surface area contributed by atoms with Crippen molar-refractivity contribution in [2.24, 2.45) is 0 Å². The summed E-state index contributed by atoms with van der Waals surface area (Å²) < 4.78 is 26.4. The molecule has 0 fully saturated rings. The van der Waals surface area contributed by atoms with Crippen molar-refractivity contribution < 1.29 is 8.42 Å². The molecule has 11 heteroatoms. The molecule has 2 aromatic heterocycles. The highest BCUT2D eigenvalue weighted by molar-refractivity contribution is 7.90. The molecule has 28 heavy (non-hydrogen) atoms. The second kappa shape index (κ2) is 7.67. The molecule has 1 aromatic carbocycles. The lowest BCUT2D eigenvalue weighted by molar-refractivity contribution is 0.597. The van der Waals surface area contributed by atoms with Gasteiger partial charge in [-0.2, -0.15) is 5.10 Å². The van der Waals surface area contributed by atoms with Gasteiger partial charge in [0.1, 0.15) is 22.7 Å². The van der Waals surface area contributed by atoms with Crippen LogP contribution >= 0.6 is 34.8 Å². The first-order valence-corrected chi connectivity index (χ1v) is 11.5. The van der Waals surface area contributed by atoms with Crippen molar-refractivity contribution in [1.82, 2.24) is 19.7 Å². The zero-order valence-corrected chi connectivity index (χ0v) is 18.7. The Labute approximate surface area is 178 Å². The second-order valence-electron chi connectivity index (χ2n) is 6.17. The predicted octanol–water partition coefficient (Wildman–Crippen LogP) is 4.33. The van der Waals surface area contributed by atoms with Gasteiger partial charge in [-0.1, -0.05) is 34.8 Å². The zero-order valence-electron chi connectivity index (χ0n) is 15.7. The minimum Gasteiger partial charge on any atom is -0.356 e. The maximum absolute atomic E-state index is 12.5. The normalized spacial score (nSPS) is 12.0. The number of hydrogen-bond acceptors (Lipinski definition) is 6. The van der Waals surface area contributed by atoms with E-state index in [1.165, 1.54) is 16.8 Å². The Kier molecular flexibility index (Phi) is 5.78. The molecule has 150 valence electrons. The molecular formula is C17H18Cl3N5O2S. The summed E-state index contributed by atoms with van der Waals surface area (Å²) in [6, 6.07) is 3.02. The van der Waals surface area contributed by atoms with Gasteiger partial charge in [0.05, 0.1) is 10.0 Å². The number of rotatable bonds is 5. The summed E-state index contributed by atoms with van der Waals surface area (Å²) >= 11 is 18.7. The fourth-order valence-corrected chi connectivity index (χ4v) is 4.74. The molecule has 3 aromatic rings. The number of hydrogen-bond donors (Lipinski definition) is 0. The minimum atomic E-state index is -3.69. The van der Waals surface area contributed by atoms with Crippen LogP contribution in [0.4, 0.5) is 5.82 Å². The van der Waals surface area contributed by atoms with E-state index in [-0.39, 0.29) is 15.1 Å². The lowest BCUT2D eigenvalue weighted by Crippen LogP contribution is -2.24. The first kappa shape index (κ1) is 21.1. The zero-order chi connectivity index (χ0) is 20.8. The van der Waals surface area contributed by atoms with Crippen LogP contribution in [0.2, 0.25) is 15.1 Å². The van der Waals surface area contributed by atoms with Crippen LogP contribution in [-0.2, 0) is 9.84 Å². The summed E-state index contributed by atoms with van der Waals surface area (Å²) in [7, 11) is -3.69. The molecule has 7 nitrogen and oxygen atoms in total. The number of aromatic nitrogens is 4. The van der Waals surface area contributed by atoms with Crippen molar-refractivity contribution in [2.75, 3.05) is 24.2 Å². The number of halogens is 3. The molecule has 0 aliphatic carbocycles. The number of benzene rings is 1.